The Labute approximate surface area is 106 Å². The lowest BCUT2D eigenvalue weighted by Crippen LogP contribution is -2.32. The molecule has 1 aromatic rings. The molecule has 0 aromatic carbocycles. The molecule has 100 valence electrons. The highest BCUT2D eigenvalue weighted by Gasteiger charge is 2.19. The standard InChI is InChI=1S/C12H20N4O2/c1-12(2,3)18-11(17)14-7-10-8-4-5-13-6-9(8)15-16-10/h13H,4-7H2,1-3H3,(H,14,17)(H,15,16). The molecule has 2 rings (SSSR count). The molecule has 0 spiro atoms. The number of nitrogens with one attached hydrogen (secondary N) is 3. The first-order valence-corrected chi connectivity index (χ1v) is 6.18. The van der Waals surface area contributed by atoms with Crippen molar-refractivity contribution in [1.82, 2.24) is 20.8 Å². The summed E-state index contributed by atoms with van der Waals surface area (Å²) in [6, 6.07) is 0. The summed E-state index contributed by atoms with van der Waals surface area (Å²) in [6.07, 6.45) is 0.533. The quantitative estimate of drug-likeness (QED) is 0.736. The van der Waals surface area contributed by atoms with Crippen LogP contribution in [0.25, 0.3) is 0 Å². The maximum absolute atomic E-state index is 11.5. The van der Waals surface area contributed by atoms with E-state index in [9.17, 15) is 4.79 Å². The van der Waals surface area contributed by atoms with E-state index in [0.717, 1.165) is 30.9 Å². The van der Waals surface area contributed by atoms with E-state index in [1.165, 1.54) is 5.56 Å². The van der Waals surface area contributed by atoms with Gasteiger partial charge in [0, 0.05) is 12.1 Å². The van der Waals surface area contributed by atoms with Gasteiger partial charge in [0.2, 0.25) is 0 Å². The van der Waals surface area contributed by atoms with Crippen molar-refractivity contribution in [1.29, 1.82) is 0 Å². The number of aromatic nitrogens is 2. The second kappa shape index (κ2) is 4.97. The SMILES string of the molecule is CC(C)(C)OC(=O)NCc1n[nH]c2c1CCNC2. The highest BCUT2D eigenvalue weighted by atomic mass is 16.6. The van der Waals surface area contributed by atoms with Crippen molar-refractivity contribution in [3.63, 3.8) is 0 Å². The number of rotatable bonds is 2. The highest BCUT2D eigenvalue weighted by Crippen LogP contribution is 2.15. The predicted octanol–water partition coefficient (Wildman–Crippen LogP) is 1.08. The number of H-pyrrole nitrogens is 1. The van der Waals surface area contributed by atoms with Gasteiger partial charge in [-0.15, -0.1) is 0 Å². The fraction of sp³-hybridized carbons (Fsp3) is 0.667. The molecule has 0 atom stereocenters. The lowest BCUT2D eigenvalue weighted by Gasteiger charge is -2.19. The number of hydrogen-bond donors (Lipinski definition) is 3. The van der Waals surface area contributed by atoms with Crippen LogP contribution in [0.15, 0.2) is 0 Å². The third kappa shape index (κ3) is 3.22. The van der Waals surface area contributed by atoms with Gasteiger partial charge in [0.1, 0.15) is 5.60 Å². The van der Waals surface area contributed by atoms with E-state index in [4.69, 9.17) is 4.74 Å². The van der Waals surface area contributed by atoms with Crippen LogP contribution in [0.4, 0.5) is 4.79 Å². The summed E-state index contributed by atoms with van der Waals surface area (Å²) in [5, 5.41) is 13.2. The molecule has 3 N–H and O–H groups in total. The smallest absolute Gasteiger partial charge is 0.407 e. The van der Waals surface area contributed by atoms with Crippen LogP contribution in [-0.4, -0.2) is 28.4 Å². The van der Waals surface area contributed by atoms with Gasteiger partial charge in [-0.3, -0.25) is 5.10 Å². The number of alkyl carbamates (subject to hydrolysis) is 1. The number of carbonyl (C=O) groups is 1. The molecule has 0 fully saturated rings. The molecule has 18 heavy (non-hydrogen) atoms. The molecule has 0 saturated heterocycles. The largest absolute Gasteiger partial charge is 0.444 e. The van der Waals surface area contributed by atoms with Gasteiger partial charge in [0.25, 0.3) is 0 Å². The van der Waals surface area contributed by atoms with Gasteiger partial charge in [-0.1, -0.05) is 0 Å². The Bertz CT molecular complexity index is 434. The number of hydrogen-bond acceptors (Lipinski definition) is 4. The van der Waals surface area contributed by atoms with Crippen LogP contribution in [-0.2, 0) is 24.2 Å². The first-order valence-electron chi connectivity index (χ1n) is 6.18. The Hall–Kier alpha value is -1.56. The fourth-order valence-electron chi connectivity index (χ4n) is 1.93. The summed E-state index contributed by atoms with van der Waals surface area (Å²) < 4.78 is 5.18. The van der Waals surface area contributed by atoms with E-state index in [-0.39, 0.29) is 0 Å². The molecule has 2 heterocycles. The number of carbonyl (C=O) groups excluding carboxylic acids is 1. The second-order valence-electron chi connectivity index (χ2n) is 5.41. The first-order chi connectivity index (χ1) is 8.46. The van der Waals surface area contributed by atoms with E-state index in [2.05, 4.69) is 20.8 Å². The summed E-state index contributed by atoms with van der Waals surface area (Å²) in [6.45, 7) is 7.69. The molecule has 1 aromatic heterocycles. The zero-order chi connectivity index (χ0) is 13.2. The molecular weight excluding hydrogens is 232 g/mol. The molecule has 0 bridgehead atoms. The van der Waals surface area contributed by atoms with Crippen LogP contribution in [0.5, 0.6) is 0 Å². The molecule has 1 amide bonds. The van der Waals surface area contributed by atoms with E-state index in [0.29, 0.717) is 6.54 Å². The monoisotopic (exact) mass is 252 g/mol. The van der Waals surface area contributed by atoms with Gasteiger partial charge in [-0.05, 0) is 33.7 Å². The van der Waals surface area contributed by atoms with Crippen molar-refractivity contribution in [2.75, 3.05) is 6.54 Å². The van der Waals surface area contributed by atoms with Gasteiger partial charge < -0.3 is 15.4 Å². The lowest BCUT2D eigenvalue weighted by molar-refractivity contribution is 0.0523. The number of nitrogens with zero attached hydrogens (tertiary/aromatic N) is 1. The molecule has 6 heteroatoms. The van der Waals surface area contributed by atoms with Gasteiger partial charge >= 0.3 is 6.09 Å². The van der Waals surface area contributed by atoms with Crippen LogP contribution in [0.2, 0.25) is 0 Å². The average molecular weight is 252 g/mol. The topological polar surface area (TPSA) is 79.0 Å². The Balaban J connectivity index is 1.91. The van der Waals surface area contributed by atoms with Crippen molar-refractivity contribution >= 4 is 6.09 Å². The molecule has 0 saturated carbocycles. The van der Waals surface area contributed by atoms with Gasteiger partial charge in [-0.2, -0.15) is 5.10 Å². The minimum Gasteiger partial charge on any atom is -0.444 e. The van der Waals surface area contributed by atoms with E-state index in [1.54, 1.807) is 0 Å². The van der Waals surface area contributed by atoms with Crippen LogP contribution in [0, 0.1) is 0 Å². The summed E-state index contributed by atoms with van der Waals surface area (Å²) in [5.41, 5.74) is 2.75. The van der Waals surface area contributed by atoms with Crippen molar-refractivity contribution in [3.05, 3.63) is 17.0 Å². The molecule has 6 nitrogen and oxygen atoms in total. The van der Waals surface area contributed by atoms with E-state index < -0.39 is 11.7 Å². The Morgan fingerprint density at radius 3 is 3.00 bits per heavy atom. The number of fused-ring (bicyclic) bond motifs is 1. The number of amides is 1. The van der Waals surface area contributed by atoms with Crippen LogP contribution < -0.4 is 10.6 Å². The van der Waals surface area contributed by atoms with Crippen LogP contribution >= 0.6 is 0 Å². The fourth-order valence-corrected chi connectivity index (χ4v) is 1.93. The summed E-state index contributed by atoms with van der Waals surface area (Å²) >= 11 is 0. The minimum absolute atomic E-state index is 0.404. The zero-order valence-electron chi connectivity index (χ0n) is 11.1. The van der Waals surface area contributed by atoms with Crippen LogP contribution in [0.3, 0.4) is 0 Å². The van der Waals surface area contributed by atoms with Crippen molar-refractivity contribution in [2.45, 2.75) is 45.9 Å². The summed E-state index contributed by atoms with van der Waals surface area (Å²) in [5.74, 6) is 0. The maximum Gasteiger partial charge on any atom is 0.407 e. The predicted molar refractivity (Wildman–Crippen MR) is 67.1 cm³/mol. The Morgan fingerprint density at radius 1 is 1.50 bits per heavy atom. The minimum atomic E-state index is -0.473. The van der Waals surface area contributed by atoms with E-state index in [1.807, 2.05) is 20.8 Å². The van der Waals surface area contributed by atoms with Gasteiger partial charge in [-0.25, -0.2) is 4.79 Å². The van der Waals surface area contributed by atoms with Gasteiger partial charge in [0.15, 0.2) is 0 Å². The van der Waals surface area contributed by atoms with Crippen molar-refractivity contribution < 1.29 is 9.53 Å². The second-order valence-corrected chi connectivity index (χ2v) is 5.41. The Morgan fingerprint density at radius 2 is 2.28 bits per heavy atom. The molecule has 1 aliphatic heterocycles. The zero-order valence-corrected chi connectivity index (χ0v) is 11.1. The number of ether oxygens (including phenoxy) is 1. The lowest BCUT2D eigenvalue weighted by atomic mass is 10.1. The average Bonchev–Trinajstić information content (AvgIpc) is 2.67. The molecule has 0 unspecified atom stereocenters. The normalized spacial score (nSPS) is 15.1. The molecule has 0 radical (unpaired) electrons. The highest BCUT2D eigenvalue weighted by molar-refractivity contribution is 5.67. The van der Waals surface area contributed by atoms with E-state index >= 15 is 0 Å². The molecule has 0 aliphatic carbocycles. The Kier molecular flexibility index (Phi) is 3.56. The van der Waals surface area contributed by atoms with Gasteiger partial charge in [0.05, 0.1) is 17.9 Å². The molecular formula is C12H20N4O2. The summed E-state index contributed by atoms with van der Waals surface area (Å²) in [7, 11) is 0. The number of aromatic amines is 1. The van der Waals surface area contributed by atoms with Crippen molar-refractivity contribution in [2.24, 2.45) is 0 Å². The summed E-state index contributed by atoms with van der Waals surface area (Å²) in [4.78, 5) is 11.5. The maximum atomic E-state index is 11.5. The third-order valence-corrected chi connectivity index (χ3v) is 2.69. The van der Waals surface area contributed by atoms with Crippen LogP contribution in [0.1, 0.15) is 37.7 Å². The van der Waals surface area contributed by atoms with Crippen molar-refractivity contribution in [3.8, 4) is 0 Å². The third-order valence-electron chi connectivity index (χ3n) is 2.69. The molecule has 1 aliphatic rings. The first kappa shape index (κ1) is 12.9.